The second-order valence-electron chi connectivity index (χ2n) is 3.55. The van der Waals surface area contributed by atoms with E-state index in [1.807, 2.05) is 19.1 Å². The Labute approximate surface area is 89.8 Å². The molecule has 1 aromatic rings. The van der Waals surface area contributed by atoms with E-state index in [0.717, 1.165) is 0 Å². The van der Waals surface area contributed by atoms with Crippen LogP contribution in [0.3, 0.4) is 0 Å². The van der Waals surface area contributed by atoms with Crippen LogP contribution in [0.5, 0.6) is 0 Å². The Kier molecular flexibility index (Phi) is 4.12. The Morgan fingerprint density at radius 1 is 1.53 bits per heavy atom. The molecular weight excluding hydrogens is 190 g/mol. The molecule has 0 heterocycles. The molecule has 0 bridgehead atoms. The minimum absolute atomic E-state index is 0.187. The zero-order chi connectivity index (χ0) is 11.3. The van der Waals surface area contributed by atoms with Crippen molar-refractivity contribution in [3.63, 3.8) is 0 Å². The molecule has 1 aromatic carbocycles. The van der Waals surface area contributed by atoms with E-state index in [0.29, 0.717) is 6.54 Å². The molecular formula is C11H17N3O. The first-order chi connectivity index (χ1) is 7.15. The molecule has 0 spiro atoms. The van der Waals surface area contributed by atoms with Gasteiger partial charge >= 0.3 is 0 Å². The number of aryl methyl sites for hydroxylation is 1. The summed E-state index contributed by atoms with van der Waals surface area (Å²) in [6.45, 7) is 4.50. The Hall–Kier alpha value is -1.55. The fraction of sp³-hybridized carbons (Fsp3) is 0.364. The molecule has 0 aliphatic heterocycles. The van der Waals surface area contributed by atoms with Crippen molar-refractivity contribution in [2.24, 2.45) is 10.9 Å². The van der Waals surface area contributed by atoms with Crippen molar-refractivity contribution >= 4 is 5.84 Å². The lowest BCUT2D eigenvalue weighted by Crippen LogP contribution is -2.31. The molecule has 0 aliphatic carbocycles. The largest absolute Gasteiger partial charge is 0.409 e. The molecule has 1 rings (SSSR count). The number of nitrogens with zero attached hydrogens (tertiary/aromatic N) is 1. The highest BCUT2D eigenvalue weighted by molar-refractivity contribution is 5.81. The van der Waals surface area contributed by atoms with Crippen molar-refractivity contribution in [1.29, 1.82) is 0 Å². The first kappa shape index (κ1) is 11.5. The average molecular weight is 207 g/mol. The van der Waals surface area contributed by atoms with Gasteiger partial charge in [0.1, 0.15) is 0 Å². The van der Waals surface area contributed by atoms with E-state index in [1.54, 1.807) is 0 Å². The maximum absolute atomic E-state index is 8.40. The summed E-state index contributed by atoms with van der Waals surface area (Å²) >= 11 is 0. The molecule has 0 aliphatic rings. The van der Waals surface area contributed by atoms with Crippen LogP contribution < -0.4 is 11.1 Å². The van der Waals surface area contributed by atoms with Gasteiger partial charge in [0.2, 0.25) is 0 Å². The summed E-state index contributed by atoms with van der Waals surface area (Å²) in [6.07, 6.45) is 0. The highest BCUT2D eigenvalue weighted by atomic mass is 16.4. The van der Waals surface area contributed by atoms with Crippen molar-refractivity contribution in [3.05, 3.63) is 35.4 Å². The van der Waals surface area contributed by atoms with Gasteiger partial charge in [0.05, 0.1) is 6.54 Å². The third-order valence-electron chi connectivity index (χ3n) is 2.37. The minimum atomic E-state index is 0.187. The topological polar surface area (TPSA) is 70.6 Å². The van der Waals surface area contributed by atoms with Gasteiger partial charge in [-0.1, -0.05) is 29.4 Å². The predicted molar refractivity (Wildman–Crippen MR) is 61.0 cm³/mol. The van der Waals surface area contributed by atoms with Crippen LogP contribution in [-0.4, -0.2) is 17.6 Å². The Morgan fingerprint density at radius 2 is 2.20 bits per heavy atom. The van der Waals surface area contributed by atoms with Gasteiger partial charge in [0, 0.05) is 6.04 Å². The van der Waals surface area contributed by atoms with Crippen molar-refractivity contribution in [2.45, 2.75) is 19.9 Å². The van der Waals surface area contributed by atoms with Gasteiger partial charge < -0.3 is 16.3 Å². The molecule has 0 radical (unpaired) electrons. The Bertz CT molecular complexity index is 349. The number of rotatable bonds is 4. The fourth-order valence-corrected chi connectivity index (χ4v) is 1.48. The molecule has 0 saturated carbocycles. The third-order valence-corrected chi connectivity index (χ3v) is 2.37. The van der Waals surface area contributed by atoms with E-state index in [2.05, 4.69) is 29.5 Å². The van der Waals surface area contributed by atoms with Crippen LogP contribution >= 0.6 is 0 Å². The monoisotopic (exact) mass is 207 g/mol. The zero-order valence-electron chi connectivity index (χ0n) is 9.07. The van der Waals surface area contributed by atoms with Crippen molar-refractivity contribution < 1.29 is 5.21 Å². The second kappa shape index (κ2) is 5.36. The lowest BCUT2D eigenvalue weighted by molar-refractivity contribution is 0.316. The van der Waals surface area contributed by atoms with Crippen LogP contribution in [0.4, 0.5) is 0 Å². The van der Waals surface area contributed by atoms with Gasteiger partial charge in [-0.2, -0.15) is 0 Å². The van der Waals surface area contributed by atoms with Crippen LogP contribution in [0.2, 0.25) is 0 Å². The summed E-state index contributed by atoms with van der Waals surface area (Å²) in [5, 5.41) is 14.5. The average Bonchev–Trinajstić information content (AvgIpc) is 2.26. The summed E-state index contributed by atoms with van der Waals surface area (Å²) in [4.78, 5) is 0. The molecule has 0 fully saturated rings. The number of hydrogen-bond donors (Lipinski definition) is 3. The standard InChI is InChI=1S/C11H17N3O/c1-8-5-3-4-6-10(8)9(2)13-7-11(12)14-15/h3-6,9,13,15H,7H2,1-2H3,(H2,12,14)/t9-/m1/s1. The van der Waals surface area contributed by atoms with Gasteiger partial charge in [-0.3, -0.25) is 0 Å². The summed E-state index contributed by atoms with van der Waals surface area (Å²) in [5.74, 6) is 0.190. The highest BCUT2D eigenvalue weighted by Gasteiger charge is 2.07. The number of oxime groups is 1. The summed E-state index contributed by atoms with van der Waals surface area (Å²) in [7, 11) is 0. The summed E-state index contributed by atoms with van der Waals surface area (Å²) in [6, 6.07) is 8.33. The van der Waals surface area contributed by atoms with Crippen molar-refractivity contribution in [1.82, 2.24) is 5.32 Å². The molecule has 4 N–H and O–H groups in total. The lowest BCUT2D eigenvalue weighted by Gasteiger charge is -2.15. The molecule has 0 aromatic heterocycles. The van der Waals surface area contributed by atoms with Gasteiger partial charge in [0.15, 0.2) is 5.84 Å². The van der Waals surface area contributed by atoms with Crippen molar-refractivity contribution in [3.8, 4) is 0 Å². The van der Waals surface area contributed by atoms with Gasteiger partial charge in [-0.05, 0) is 25.0 Å². The van der Waals surface area contributed by atoms with Gasteiger partial charge in [0.25, 0.3) is 0 Å². The third kappa shape index (κ3) is 3.25. The number of amidine groups is 1. The first-order valence-corrected chi connectivity index (χ1v) is 4.90. The summed E-state index contributed by atoms with van der Waals surface area (Å²) < 4.78 is 0. The van der Waals surface area contributed by atoms with E-state index >= 15 is 0 Å². The maximum atomic E-state index is 8.40. The number of nitrogens with one attached hydrogen (secondary N) is 1. The molecule has 4 nitrogen and oxygen atoms in total. The van der Waals surface area contributed by atoms with E-state index in [9.17, 15) is 0 Å². The first-order valence-electron chi connectivity index (χ1n) is 4.90. The molecule has 1 atom stereocenters. The number of benzene rings is 1. The quantitative estimate of drug-likeness (QED) is 0.302. The van der Waals surface area contributed by atoms with Crippen LogP contribution in [0.25, 0.3) is 0 Å². The summed E-state index contributed by atoms with van der Waals surface area (Å²) in [5.41, 5.74) is 7.83. The molecule has 0 unspecified atom stereocenters. The smallest absolute Gasteiger partial charge is 0.153 e. The normalized spacial score (nSPS) is 13.9. The van der Waals surface area contributed by atoms with E-state index in [1.165, 1.54) is 11.1 Å². The fourth-order valence-electron chi connectivity index (χ4n) is 1.48. The van der Waals surface area contributed by atoms with E-state index in [4.69, 9.17) is 10.9 Å². The molecule has 15 heavy (non-hydrogen) atoms. The molecule has 82 valence electrons. The van der Waals surface area contributed by atoms with Gasteiger partial charge in [-0.15, -0.1) is 0 Å². The number of nitrogens with two attached hydrogens (primary N) is 1. The second-order valence-corrected chi connectivity index (χ2v) is 3.55. The zero-order valence-corrected chi connectivity index (χ0v) is 9.07. The van der Waals surface area contributed by atoms with Crippen LogP contribution in [0.15, 0.2) is 29.4 Å². The van der Waals surface area contributed by atoms with Crippen LogP contribution in [-0.2, 0) is 0 Å². The minimum Gasteiger partial charge on any atom is -0.409 e. The Balaban J connectivity index is 2.61. The lowest BCUT2D eigenvalue weighted by atomic mass is 10.0. The molecule has 0 saturated heterocycles. The SMILES string of the molecule is Cc1ccccc1[C@@H](C)NC/C(N)=N/O. The maximum Gasteiger partial charge on any atom is 0.153 e. The van der Waals surface area contributed by atoms with Crippen molar-refractivity contribution in [2.75, 3.05) is 6.54 Å². The highest BCUT2D eigenvalue weighted by Crippen LogP contribution is 2.15. The Morgan fingerprint density at radius 3 is 2.80 bits per heavy atom. The van der Waals surface area contributed by atoms with Gasteiger partial charge in [-0.25, -0.2) is 0 Å². The van der Waals surface area contributed by atoms with Crippen LogP contribution in [0.1, 0.15) is 24.1 Å². The molecule has 4 heteroatoms. The van der Waals surface area contributed by atoms with E-state index in [-0.39, 0.29) is 11.9 Å². The van der Waals surface area contributed by atoms with Crippen LogP contribution in [0, 0.1) is 6.92 Å². The predicted octanol–water partition coefficient (Wildman–Crippen LogP) is 1.39. The number of hydrogen-bond acceptors (Lipinski definition) is 3. The van der Waals surface area contributed by atoms with E-state index < -0.39 is 0 Å². The molecule has 0 amide bonds.